The van der Waals surface area contributed by atoms with Gasteiger partial charge in [0.25, 0.3) is 0 Å². The van der Waals surface area contributed by atoms with Gasteiger partial charge >= 0.3 is 6.18 Å². The third-order valence-electron chi connectivity index (χ3n) is 4.75. The number of hydrogen-bond acceptors (Lipinski definition) is 5. The fourth-order valence-electron chi connectivity index (χ4n) is 3.53. The highest BCUT2D eigenvalue weighted by atomic mass is 32.1. The van der Waals surface area contributed by atoms with Crippen LogP contribution in [0.3, 0.4) is 0 Å². The SMILES string of the molecule is Cc1csc(CN2CCN([C@@H]3CCCN(CC(F)(F)F)C3=O)CC2)n1. The third-order valence-corrected chi connectivity index (χ3v) is 5.70. The first-order chi connectivity index (χ1) is 11.8. The predicted molar refractivity (Wildman–Crippen MR) is 89.4 cm³/mol. The molecule has 5 nitrogen and oxygen atoms in total. The molecule has 0 bridgehead atoms. The van der Waals surface area contributed by atoms with Gasteiger partial charge in [-0.2, -0.15) is 13.2 Å². The number of piperazine rings is 1. The fourth-order valence-corrected chi connectivity index (χ4v) is 4.34. The van der Waals surface area contributed by atoms with Crippen molar-refractivity contribution in [2.75, 3.05) is 39.3 Å². The molecule has 3 heterocycles. The van der Waals surface area contributed by atoms with Gasteiger partial charge in [0.1, 0.15) is 11.6 Å². The molecule has 2 aliphatic heterocycles. The summed E-state index contributed by atoms with van der Waals surface area (Å²) in [7, 11) is 0. The van der Waals surface area contributed by atoms with E-state index in [0.29, 0.717) is 25.9 Å². The number of aryl methyl sites for hydroxylation is 1. The molecule has 0 aliphatic carbocycles. The highest BCUT2D eigenvalue weighted by molar-refractivity contribution is 7.09. The lowest BCUT2D eigenvalue weighted by atomic mass is 10.0. The zero-order valence-corrected chi connectivity index (χ0v) is 15.1. The lowest BCUT2D eigenvalue weighted by Gasteiger charge is -2.42. The highest BCUT2D eigenvalue weighted by Gasteiger charge is 2.39. The molecule has 1 atom stereocenters. The minimum Gasteiger partial charge on any atom is -0.332 e. The standard InChI is InChI=1S/C16H23F3N4OS/c1-12-10-25-14(20-12)9-21-5-7-22(8-6-21)13-3-2-4-23(15(13)24)11-16(17,18)19/h10,13H,2-9,11H2,1H3/t13-/m1/s1. The Balaban J connectivity index is 1.52. The van der Waals surface area contributed by atoms with E-state index in [2.05, 4.69) is 14.8 Å². The van der Waals surface area contributed by atoms with Crippen molar-refractivity contribution in [2.24, 2.45) is 0 Å². The number of carbonyl (C=O) groups excluding carboxylic acids is 1. The quantitative estimate of drug-likeness (QED) is 0.807. The number of aromatic nitrogens is 1. The van der Waals surface area contributed by atoms with Crippen LogP contribution in [0.2, 0.25) is 0 Å². The number of rotatable bonds is 4. The molecule has 2 fully saturated rings. The molecule has 1 amide bonds. The molecule has 2 aliphatic rings. The second-order valence-electron chi connectivity index (χ2n) is 6.73. The maximum Gasteiger partial charge on any atom is 0.406 e. The average molecular weight is 376 g/mol. The molecular formula is C16H23F3N4OS. The summed E-state index contributed by atoms with van der Waals surface area (Å²) in [5.41, 5.74) is 1.02. The number of piperidine rings is 1. The van der Waals surface area contributed by atoms with E-state index < -0.39 is 18.8 Å². The molecule has 0 N–H and O–H groups in total. The van der Waals surface area contributed by atoms with E-state index in [9.17, 15) is 18.0 Å². The molecule has 0 spiro atoms. The Labute approximate surface area is 149 Å². The second-order valence-corrected chi connectivity index (χ2v) is 7.67. The number of hydrogen-bond donors (Lipinski definition) is 0. The van der Waals surface area contributed by atoms with Crippen LogP contribution in [0.15, 0.2) is 5.38 Å². The highest BCUT2D eigenvalue weighted by Crippen LogP contribution is 2.24. The molecule has 3 rings (SSSR count). The van der Waals surface area contributed by atoms with E-state index in [-0.39, 0.29) is 12.5 Å². The van der Waals surface area contributed by atoms with Crippen LogP contribution in [0.25, 0.3) is 0 Å². The van der Waals surface area contributed by atoms with Crippen LogP contribution in [-0.4, -0.2) is 77.1 Å². The number of carbonyl (C=O) groups is 1. The summed E-state index contributed by atoms with van der Waals surface area (Å²) in [5, 5.41) is 3.11. The van der Waals surface area contributed by atoms with Crippen molar-refractivity contribution in [1.29, 1.82) is 0 Å². The minimum atomic E-state index is -4.33. The Morgan fingerprint density at radius 2 is 1.96 bits per heavy atom. The van der Waals surface area contributed by atoms with Crippen LogP contribution in [0.5, 0.6) is 0 Å². The minimum absolute atomic E-state index is 0.207. The predicted octanol–water partition coefficient (Wildman–Crippen LogP) is 2.12. The third kappa shape index (κ3) is 4.92. The Bertz CT molecular complexity index is 598. The molecule has 1 aromatic rings. The monoisotopic (exact) mass is 376 g/mol. The first-order valence-corrected chi connectivity index (χ1v) is 9.43. The summed E-state index contributed by atoms with van der Waals surface area (Å²) >= 11 is 1.64. The Morgan fingerprint density at radius 1 is 1.24 bits per heavy atom. The van der Waals surface area contributed by atoms with Crippen molar-refractivity contribution in [3.05, 3.63) is 16.1 Å². The van der Waals surface area contributed by atoms with Gasteiger partial charge in [0, 0.05) is 43.8 Å². The first kappa shape index (κ1) is 18.6. The normalized spacial score (nSPS) is 24.1. The van der Waals surface area contributed by atoms with Gasteiger partial charge in [-0.1, -0.05) is 0 Å². The average Bonchev–Trinajstić information content (AvgIpc) is 2.94. The van der Waals surface area contributed by atoms with E-state index in [4.69, 9.17) is 0 Å². The van der Waals surface area contributed by atoms with Gasteiger partial charge in [0.2, 0.25) is 5.91 Å². The number of thiazole rings is 1. The second kappa shape index (κ2) is 7.59. The maximum absolute atomic E-state index is 12.6. The van der Waals surface area contributed by atoms with E-state index >= 15 is 0 Å². The van der Waals surface area contributed by atoms with Crippen LogP contribution in [0.4, 0.5) is 13.2 Å². The lowest BCUT2D eigenvalue weighted by molar-refractivity contribution is -0.168. The van der Waals surface area contributed by atoms with Crippen LogP contribution < -0.4 is 0 Å². The molecule has 2 saturated heterocycles. The van der Waals surface area contributed by atoms with Crippen LogP contribution in [0, 0.1) is 6.92 Å². The summed E-state index contributed by atoms with van der Waals surface area (Å²) in [4.78, 5) is 22.2. The molecule has 9 heteroatoms. The maximum atomic E-state index is 12.6. The summed E-state index contributed by atoms with van der Waals surface area (Å²) in [6, 6.07) is -0.402. The van der Waals surface area contributed by atoms with Gasteiger partial charge in [-0.15, -0.1) is 11.3 Å². The number of halogens is 3. The molecule has 0 radical (unpaired) electrons. The number of nitrogens with zero attached hydrogens (tertiary/aromatic N) is 4. The number of amides is 1. The van der Waals surface area contributed by atoms with Crippen molar-refractivity contribution >= 4 is 17.2 Å². The summed E-state index contributed by atoms with van der Waals surface area (Å²) in [6.45, 7) is 4.87. The number of likely N-dealkylation sites (tertiary alicyclic amines) is 1. The largest absolute Gasteiger partial charge is 0.406 e. The van der Waals surface area contributed by atoms with Gasteiger partial charge in [-0.05, 0) is 19.8 Å². The van der Waals surface area contributed by atoms with Gasteiger partial charge in [-0.25, -0.2) is 4.98 Å². The zero-order valence-electron chi connectivity index (χ0n) is 14.3. The van der Waals surface area contributed by atoms with E-state index in [1.54, 1.807) is 11.3 Å². The van der Waals surface area contributed by atoms with Crippen molar-refractivity contribution < 1.29 is 18.0 Å². The summed E-state index contributed by atoms with van der Waals surface area (Å²) < 4.78 is 37.9. The fraction of sp³-hybridized carbons (Fsp3) is 0.750. The molecule has 1 aromatic heterocycles. The topological polar surface area (TPSA) is 39.7 Å². The molecule has 25 heavy (non-hydrogen) atoms. The van der Waals surface area contributed by atoms with Gasteiger partial charge in [0.05, 0.1) is 12.6 Å². The molecule has 0 aromatic carbocycles. The molecular weight excluding hydrogens is 353 g/mol. The zero-order chi connectivity index (χ0) is 18.0. The summed E-state index contributed by atoms with van der Waals surface area (Å²) in [5.74, 6) is -0.368. The Morgan fingerprint density at radius 3 is 2.56 bits per heavy atom. The first-order valence-electron chi connectivity index (χ1n) is 8.55. The van der Waals surface area contributed by atoms with Crippen LogP contribution in [0.1, 0.15) is 23.5 Å². The molecule has 140 valence electrons. The van der Waals surface area contributed by atoms with Crippen LogP contribution >= 0.6 is 11.3 Å². The van der Waals surface area contributed by atoms with E-state index in [0.717, 1.165) is 35.2 Å². The van der Waals surface area contributed by atoms with Crippen molar-refractivity contribution in [1.82, 2.24) is 19.7 Å². The van der Waals surface area contributed by atoms with E-state index in [1.807, 2.05) is 12.3 Å². The van der Waals surface area contributed by atoms with Crippen molar-refractivity contribution in [3.63, 3.8) is 0 Å². The van der Waals surface area contributed by atoms with Gasteiger partial charge in [-0.3, -0.25) is 14.6 Å². The Hall–Kier alpha value is -1.19. The lowest BCUT2D eigenvalue weighted by Crippen LogP contribution is -2.58. The van der Waals surface area contributed by atoms with Crippen molar-refractivity contribution in [3.8, 4) is 0 Å². The van der Waals surface area contributed by atoms with Crippen molar-refractivity contribution in [2.45, 2.75) is 38.5 Å². The smallest absolute Gasteiger partial charge is 0.332 e. The molecule has 0 saturated carbocycles. The van der Waals surface area contributed by atoms with Gasteiger partial charge < -0.3 is 4.90 Å². The summed E-state index contributed by atoms with van der Waals surface area (Å²) in [6.07, 6.45) is -3.05. The van der Waals surface area contributed by atoms with Crippen LogP contribution in [-0.2, 0) is 11.3 Å². The van der Waals surface area contributed by atoms with E-state index in [1.165, 1.54) is 0 Å². The number of alkyl halides is 3. The van der Waals surface area contributed by atoms with Gasteiger partial charge in [0.15, 0.2) is 0 Å². The molecule has 0 unspecified atom stereocenters. The Kier molecular flexibility index (Phi) is 5.65.